The number of hydrogen-bond acceptors (Lipinski definition) is 66. The molecule has 13 heterocycles. The number of amides is 2. The monoisotopic (exact) mass is 2210 g/mol. The molecule has 65 atom stereocenters. The first kappa shape index (κ1) is 123. The van der Waals surface area contributed by atoms with Crippen LogP contribution in [-0.4, -0.2) is 696 Å². The van der Waals surface area contributed by atoms with Crippen molar-refractivity contribution in [2.75, 3.05) is 85.9 Å². The molecule has 0 aliphatic carbocycles. The zero-order valence-corrected chi connectivity index (χ0v) is 79.2. The summed E-state index contributed by atoms with van der Waals surface area (Å²) in [4.78, 5) is 25.5. The van der Waals surface area contributed by atoms with E-state index in [0.29, 0.717) is 0 Å². The van der Waals surface area contributed by atoms with Crippen LogP contribution in [0.25, 0.3) is 0 Å². The Balaban J connectivity index is 0.814. The van der Waals surface area contributed by atoms with Gasteiger partial charge in [0.1, 0.15) is 317 Å². The van der Waals surface area contributed by atoms with Crippen molar-refractivity contribution in [3.05, 3.63) is 0 Å². The average molecular weight is 2210 g/mol. The van der Waals surface area contributed by atoms with Crippen LogP contribution in [0.2, 0.25) is 0 Å². The normalized spacial score (nSPS) is 52.1. The van der Waals surface area contributed by atoms with E-state index in [0.717, 1.165) is 13.8 Å². The largest absolute Gasteiger partial charge is 0.394 e. The SMILES string of the molecule is CC(=O)N[C@@H]1[C@@H](O)[C@H](O[C@@H]2O[C@H](CO)[C@@H](O[C@@H]3O[C@H](CO[C@H]4O[C@H](CO[C@H]5O[C@H](CO)[C@@H](O)[C@H](O)[C@@H]5O[C@H]5O[C@H](CO)[C@@H](O)[C@H](O)[C@@H]5O)[C@@H](O)[C@H](O[C@H]5O[C@H](CO)[C@@H](O)[C@H](O)[C@@H]5O)[C@@H]4O)[C@@H](O)[C@H](O[C@H]4O[C@H](CO)[C@@H](O)[C@H](O)[C@@H]4O[C@H]4O[C@H](CO)[C@@H](O)[C@H](O)[C@@H]4O[C@H]4O[C@H](CO)[C@@H](O)[C@H](O[C@H]5O[C@H](CO)[C@@H](O)[C@H](O[C@H]6O[C@H](CO)[C@@H](O)[C@H](O)[C@H]6O[C@H]6O[C@H](CO)[C@@H](O)[C@H](O)[C@H]6O)[C@H]5O)[C@@H]4O)[C@@H]3O)[C@H](O)[C@H]2NC(C)=O)[C@@H](CO)O[C@H]1O. The van der Waals surface area contributed by atoms with Crippen LogP contribution in [0, 0.1) is 0 Å². The van der Waals surface area contributed by atoms with E-state index in [1.165, 1.54) is 0 Å². The molecule has 68 nitrogen and oxygen atoms in total. The standard InChI is InChI=1S/C82H138N2O66/c1-16(96)83-31-44(109)60(27(12-94)128-70(31)125)141-71-32(84-17(2)97)45(110)61(28(13-95)138-71)142-78-59(124)65(43(108)30(140-78)14-126-72-56(121)64(143-73-53(118)46(111)33(98)18(3-85)129-73)42(107)29(139-72)15-127-79-66(49(114)36(101)21(6-88)134-79)147-74-54(119)47(112)34(99)19(4-86)130-74)146-81-69(52(117)39(104)23(8-90)136-81)150-82-68(51(116)38(103)24(9-91)137-82)149-77-57(122)62(40(105)25(10-92)133-77)144-76-58(123)63(41(106)26(11-93)132-76)145-80-67(50(115)37(102)22(7-89)135-80)148-75-55(120)48(113)35(100)20(5-87)131-75/h18-82,85-95,98-125H,3-15H2,1-2H3,(H,83,96)(H,84,97)/t18-,19-,20-,21-,22-,23-,24-,25-,26-,27-,28-,29-,30-,31-,32-,33-,34-,35-,36-,37-,38-,39-,40-,41-,42-,43-,44-,45-,46+,47+,48+,49+,50+,51+,52+,53+,54+,55-,56+,57+,58-,59+,60-,61-,62+,63+,64+,65+,66+,67-,68+,69+,70-,71+,72+,73-,74-,75-,76-,77-,78+,79+,80-,81-,82-/m1/s1. The Kier molecular flexibility index (Phi) is 44.2. The number of aliphatic hydroxyl groups is 39. The second kappa shape index (κ2) is 53.8. The third-order valence-corrected chi connectivity index (χ3v) is 28.0. The molecule has 0 saturated carbocycles. The summed E-state index contributed by atoms with van der Waals surface area (Å²) in [6, 6.07) is -3.78. The fourth-order valence-electron chi connectivity index (χ4n) is 19.4. The molecule has 13 aliphatic heterocycles. The van der Waals surface area contributed by atoms with Gasteiger partial charge in [0, 0.05) is 13.8 Å². The van der Waals surface area contributed by atoms with Gasteiger partial charge in [-0.25, -0.2) is 0 Å². The Morgan fingerprint density at radius 2 is 0.367 bits per heavy atom. The maximum atomic E-state index is 13.2. The van der Waals surface area contributed by atoms with Crippen molar-refractivity contribution < 1.29 is 327 Å². The molecule has 0 unspecified atom stereocenters. The Morgan fingerprint density at radius 1 is 0.173 bits per heavy atom. The third-order valence-electron chi connectivity index (χ3n) is 28.0. The second-order valence-electron chi connectivity index (χ2n) is 38.0. The highest BCUT2D eigenvalue weighted by atomic mass is 16.8. The van der Waals surface area contributed by atoms with Crippen LogP contribution in [0.15, 0.2) is 0 Å². The summed E-state index contributed by atoms with van der Waals surface area (Å²) in [5.74, 6) is -1.87. The molecule has 0 aromatic carbocycles. The fraction of sp³-hybridized carbons (Fsp3) is 0.976. The quantitative estimate of drug-likeness (QED) is 0.0272. The fourth-order valence-corrected chi connectivity index (χ4v) is 19.4. The second-order valence-corrected chi connectivity index (χ2v) is 38.0. The first-order chi connectivity index (χ1) is 71.1. The van der Waals surface area contributed by atoms with Gasteiger partial charge in [-0.2, -0.15) is 0 Å². The molecule has 13 aliphatic rings. The van der Waals surface area contributed by atoms with Gasteiger partial charge in [0.25, 0.3) is 0 Å². The van der Waals surface area contributed by atoms with Gasteiger partial charge in [0.15, 0.2) is 81.8 Å². The van der Waals surface area contributed by atoms with E-state index >= 15 is 0 Å². The van der Waals surface area contributed by atoms with Crippen LogP contribution in [0.5, 0.6) is 0 Å². The van der Waals surface area contributed by atoms with Gasteiger partial charge in [-0.3, -0.25) is 9.59 Å². The van der Waals surface area contributed by atoms with Crippen LogP contribution in [0.4, 0.5) is 0 Å². The number of ether oxygens (including phenoxy) is 25. The third kappa shape index (κ3) is 26.2. The molecule has 13 rings (SSSR count). The average Bonchev–Trinajstić information content (AvgIpc) is 0.767. The Morgan fingerprint density at radius 3 is 0.680 bits per heavy atom. The first-order valence-corrected chi connectivity index (χ1v) is 47.7. The van der Waals surface area contributed by atoms with Crippen molar-refractivity contribution in [2.45, 2.75) is 413 Å². The molecule has 0 aromatic heterocycles. The summed E-state index contributed by atoms with van der Waals surface area (Å²) in [5.41, 5.74) is 0. The lowest BCUT2D eigenvalue weighted by molar-refractivity contribution is -0.413. The molecule has 68 heteroatoms. The number of rotatable bonds is 39. The Bertz CT molecular complexity index is 4070. The van der Waals surface area contributed by atoms with Gasteiger partial charge in [-0.1, -0.05) is 0 Å². The summed E-state index contributed by atoms with van der Waals surface area (Å²) in [6.45, 7) is -13.7. The van der Waals surface area contributed by atoms with E-state index in [4.69, 9.17) is 118 Å². The molecule has 0 aromatic rings. The van der Waals surface area contributed by atoms with Gasteiger partial charge < -0.3 is 328 Å². The number of hydrogen-bond donors (Lipinski definition) is 41. The van der Waals surface area contributed by atoms with E-state index in [-0.39, 0.29) is 0 Å². The molecule has 150 heavy (non-hydrogen) atoms. The van der Waals surface area contributed by atoms with Gasteiger partial charge in [0.2, 0.25) is 11.8 Å². The van der Waals surface area contributed by atoms with Gasteiger partial charge in [0.05, 0.1) is 85.9 Å². The van der Waals surface area contributed by atoms with Crippen LogP contribution in [0.1, 0.15) is 13.8 Å². The maximum Gasteiger partial charge on any atom is 0.217 e. The molecule has 2 amide bonds. The molecule has 41 N–H and O–H groups in total. The minimum atomic E-state index is -2.76. The zero-order chi connectivity index (χ0) is 110. The van der Waals surface area contributed by atoms with Crippen LogP contribution >= 0.6 is 0 Å². The lowest BCUT2D eigenvalue weighted by Gasteiger charge is -2.51. The molecule has 872 valence electrons. The lowest BCUT2D eigenvalue weighted by Crippen LogP contribution is -2.70. The van der Waals surface area contributed by atoms with Crippen molar-refractivity contribution in [1.29, 1.82) is 0 Å². The Hall–Kier alpha value is -3.62. The van der Waals surface area contributed by atoms with Crippen molar-refractivity contribution in [1.82, 2.24) is 10.6 Å². The van der Waals surface area contributed by atoms with Crippen molar-refractivity contribution in [2.24, 2.45) is 0 Å². The van der Waals surface area contributed by atoms with E-state index in [9.17, 15) is 209 Å². The van der Waals surface area contributed by atoms with Crippen molar-refractivity contribution >= 4 is 11.8 Å². The highest BCUT2D eigenvalue weighted by molar-refractivity contribution is 5.73. The number of carbonyl (C=O) groups excluding carboxylic acids is 2. The van der Waals surface area contributed by atoms with Gasteiger partial charge >= 0.3 is 0 Å². The number of carbonyl (C=O) groups is 2. The van der Waals surface area contributed by atoms with E-state index in [2.05, 4.69) is 10.6 Å². The number of nitrogens with one attached hydrogen (secondary N) is 2. The first-order valence-electron chi connectivity index (χ1n) is 47.7. The highest BCUT2D eigenvalue weighted by Gasteiger charge is 2.64. The molecule has 13 fully saturated rings. The molecule has 13 saturated heterocycles. The van der Waals surface area contributed by atoms with E-state index < -0.39 is 497 Å². The predicted molar refractivity (Wildman–Crippen MR) is 451 cm³/mol. The molecule has 0 bridgehead atoms. The highest BCUT2D eigenvalue weighted by Crippen LogP contribution is 2.44. The topological polar surface area (TPSA) is 1080 Å². The zero-order valence-electron chi connectivity index (χ0n) is 79.2. The summed E-state index contributed by atoms with van der Waals surface area (Å²) >= 11 is 0. The predicted octanol–water partition coefficient (Wildman–Crippen LogP) is -29.0. The summed E-state index contributed by atoms with van der Waals surface area (Å²) in [5, 5.41) is 443. The summed E-state index contributed by atoms with van der Waals surface area (Å²) < 4.78 is 147. The van der Waals surface area contributed by atoms with Crippen LogP contribution in [-0.2, 0) is 128 Å². The van der Waals surface area contributed by atoms with Crippen LogP contribution in [0.3, 0.4) is 0 Å². The number of aliphatic hydroxyl groups excluding tert-OH is 39. The van der Waals surface area contributed by atoms with Crippen LogP contribution < -0.4 is 10.6 Å². The van der Waals surface area contributed by atoms with Gasteiger partial charge in [-0.05, 0) is 0 Å². The van der Waals surface area contributed by atoms with Crippen molar-refractivity contribution in [3.63, 3.8) is 0 Å². The minimum absolute atomic E-state index is 0.845. The molecule has 0 spiro atoms. The minimum Gasteiger partial charge on any atom is -0.394 e. The molecular formula is C82H138N2O66. The van der Waals surface area contributed by atoms with Crippen molar-refractivity contribution in [3.8, 4) is 0 Å². The molecule has 0 radical (unpaired) electrons. The summed E-state index contributed by atoms with van der Waals surface area (Å²) in [7, 11) is 0. The molecular weight excluding hydrogens is 2070 g/mol. The summed E-state index contributed by atoms with van der Waals surface area (Å²) in [6.07, 6.45) is -142. The van der Waals surface area contributed by atoms with E-state index in [1.807, 2.05) is 0 Å². The Labute approximate surface area is 845 Å². The lowest BCUT2D eigenvalue weighted by atomic mass is 9.94. The maximum absolute atomic E-state index is 13.2. The smallest absolute Gasteiger partial charge is 0.217 e. The van der Waals surface area contributed by atoms with E-state index in [1.54, 1.807) is 0 Å². The van der Waals surface area contributed by atoms with Gasteiger partial charge in [-0.15, -0.1) is 0 Å².